The summed E-state index contributed by atoms with van der Waals surface area (Å²) in [5, 5.41) is 9.95. The van der Waals surface area contributed by atoms with Crippen molar-refractivity contribution in [1.29, 1.82) is 0 Å². The Hall–Kier alpha value is -1.79. The van der Waals surface area contributed by atoms with E-state index >= 15 is 0 Å². The van der Waals surface area contributed by atoms with Gasteiger partial charge in [0.2, 0.25) is 5.91 Å². The lowest BCUT2D eigenvalue weighted by Gasteiger charge is -2.31. The highest BCUT2D eigenvalue weighted by atomic mass is 35.5. The number of alkyl carbamates (subject to hydrolysis) is 1. The zero-order valence-electron chi connectivity index (χ0n) is 17.5. The van der Waals surface area contributed by atoms with Gasteiger partial charge in [0, 0.05) is 17.0 Å². The summed E-state index contributed by atoms with van der Waals surface area (Å²) in [6, 6.07) is 7.25. The van der Waals surface area contributed by atoms with Crippen molar-refractivity contribution >= 4 is 23.6 Å². The summed E-state index contributed by atoms with van der Waals surface area (Å²) in [7, 11) is 0. The molecule has 0 radical (unpaired) electrons. The third-order valence-electron chi connectivity index (χ3n) is 5.72. The number of hydrogen-bond acceptors (Lipinski definition) is 4. The Balaban J connectivity index is 1.64. The van der Waals surface area contributed by atoms with Crippen LogP contribution in [0.4, 0.5) is 4.79 Å². The van der Waals surface area contributed by atoms with Gasteiger partial charge in [0.15, 0.2) is 0 Å². The van der Waals surface area contributed by atoms with E-state index in [1.54, 1.807) is 0 Å². The zero-order valence-corrected chi connectivity index (χ0v) is 18.3. The van der Waals surface area contributed by atoms with Crippen LogP contribution in [0.5, 0.6) is 0 Å². The Kier molecular flexibility index (Phi) is 6.74. The fourth-order valence-corrected chi connectivity index (χ4v) is 4.02. The van der Waals surface area contributed by atoms with E-state index in [-0.39, 0.29) is 17.2 Å². The maximum absolute atomic E-state index is 13.1. The fourth-order valence-electron chi connectivity index (χ4n) is 3.90. The number of ether oxygens (including phenoxy) is 1. The van der Waals surface area contributed by atoms with Crippen LogP contribution in [0.2, 0.25) is 5.02 Å². The van der Waals surface area contributed by atoms with Gasteiger partial charge in [-0.1, -0.05) is 23.7 Å². The molecule has 3 rings (SSSR count). The van der Waals surface area contributed by atoms with Gasteiger partial charge in [-0.3, -0.25) is 4.79 Å². The standard InChI is InChI=1S/C22H32ClN3O3/c1-21(2,3)29-20(28)26-18(15-8-12-24-13-9-15)19(27)25-14-22(10-11-22)16-4-6-17(23)7-5-16/h4-7,15,18,24H,8-14H2,1-3H3,(H,25,27)(H,26,28). The van der Waals surface area contributed by atoms with Crippen molar-refractivity contribution < 1.29 is 14.3 Å². The summed E-state index contributed by atoms with van der Waals surface area (Å²) < 4.78 is 5.39. The molecule has 6 nitrogen and oxygen atoms in total. The zero-order chi connectivity index (χ0) is 21.1. The number of benzene rings is 1. The number of carbonyl (C=O) groups excluding carboxylic acids is 2. The van der Waals surface area contributed by atoms with Crippen molar-refractivity contribution in [1.82, 2.24) is 16.0 Å². The topological polar surface area (TPSA) is 79.5 Å². The minimum absolute atomic E-state index is 0.0230. The minimum Gasteiger partial charge on any atom is -0.444 e. The van der Waals surface area contributed by atoms with Gasteiger partial charge in [-0.15, -0.1) is 0 Å². The van der Waals surface area contributed by atoms with Crippen molar-refractivity contribution in [3.8, 4) is 0 Å². The molecule has 1 saturated heterocycles. The monoisotopic (exact) mass is 421 g/mol. The van der Waals surface area contributed by atoms with E-state index in [4.69, 9.17) is 16.3 Å². The van der Waals surface area contributed by atoms with E-state index in [1.807, 2.05) is 45.0 Å². The fraction of sp³-hybridized carbons (Fsp3) is 0.636. The van der Waals surface area contributed by atoms with Gasteiger partial charge in [-0.2, -0.15) is 0 Å². The van der Waals surface area contributed by atoms with Gasteiger partial charge < -0.3 is 20.7 Å². The molecule has 0 spiro atoms. The molecule has 1 heterocycles. The lowest BCUT2D eigenvalue weighted by Crippen LogP contribution is -2.54. The van der Waals surface area contributed by atoms with E-state index in [0.717, 1.165) is 38.8 Å². The molecule has 1 aromatic carbocycles. The molecule has 1 atom stereocenters. The average molecular weight is 422 g/mol. The smallest absolute Gasteiger partial charge is 0.408 e. The summed E-state index contributed by atoms with van der Waals surface area (Å²) in [5.74, 6) is -0.0440. The van der Waals surface area contributed by atoms with E-state index in [0.29, 0.717) is 11.6 Å². The van der Waals surface area contributed by atoms with Crippen LogP contribution in [0.1, 0.15) is 52.0 Å². The third kappa shape index (κ3) is 6.09. The molecule has 0 aromatic heterocycles. The van der Waals surface area contributed by atoms with Crippen LogP contribution in [-0.4, -0.2) is 43.3 Å². The normalized spacial score (nSPS) is 19.9. The first-order valence-corrected chi connectivity index (χ1v) is 10.8. The molecule has 1 aromatic rings. The molecule has 160 valence electrons. The van der Waals surface area contributed by atoms with Crippen molar-refractivity contribution in [3.63, 3.8) is 0 Å². The number of rotatable bonds is 6. The quantitative estimate of drug-likeness (QED) is 0.657. The van der Waals surface area contributed by atoms with Gasteiger partial charge in [0.1, 0.15) is 11.6 Å². The molecular weight excluding hydrogens is 390 g/mol. The number of piperidine rings is 1. The molecule has 0 bridgehead atoms. The van der Waals surface area contributed by atoms with Gasteiger partial charge in [-0.05, 0) is 83.2 Å². The van der Waals surface area contributed by atoms with Crippen molar-refractivity contribution in [2.45, 2.75) is 63.5 Å². The summed E-state index contributed by atoms with van der Waals surface area (Å²) in [4.78, 5) is 25.4. The Morgan fingerprint density at radius 1 is 1.21 bits per heavy atom. The molecule has 7 heteroatoms. The minimum atomic E-state index is -0.605. The molecule has 2 aliphatic rings. The van der Waals surface area contributed by atoms with Crippen LogP contribution in [-0.2, 0) is 14.9 Å². The molecule has 1 unspecified atom stereocenters. The van der Waals surface area contributed by atoms with Gasteiger partial charge in [0.25, 0.3) is 0 Å². The van der Waals surface area contributed by atoms with Crippen LogP contribution in [0, 0.1) is 5.92 Å². The Bertz CT molecular complexity index is 720. The maximum atomic E-state index is 13.1. The van der Waals surface area contributed by atoms with Crippen LogP contribution < -0.4 is 16.0 Å². The van der Waals surface area contributed by atoms with Gasteiger partial charge in [0.05, 0.1) is 0 Å². The summed E-state index contributed by atoms with van der Waals surface area (Å²) in [5.41, 5.74) is 0.567. The van der Waals surface area contributed by atoms with Gasteiger partial charge in [-0.25, -0.2) is 4.79 Å². The maximum Gasteiger partial charge on any atom is 0.408 e. The largest absolute Gasteiger partial charge is 0.444 e. The molecule has 1 aliphatic carbocycles. The Labute approximate surface area is 178 Å². The molecule has 29 heavy (non-hydrogen) atoms. The van der Waals surface area contributed by atoms with Crippen molar-refractivity contribution in [2.24, 2.45) is 5.92 Å². The second-order valence-electron chi connectivity index (χ2n) is 9.22. The number of hydrogen-bond donors (Lipinski definition) is 3. The molecule has 3 N–H and O–H groups in total. The Morgan fingerprint density at radius 2 is 1.83 bits per heavy atom. The summed E-state index contributed by atoms with van der Waals surface area (Å²) in [6.45, 7) is 7.70. The van der Waals surface area contributed by atoms with Crippen molar-refractivity contribution in [3.05, 3.63) is 34.9 Å². The molecular formula is C22H32ClN3O3. The van der Waals surface area contributed by atoms with Crippen molar-refractivity contribution in [2.75, 3.05) is 19.6 Å². The Morgan fingerprint density at radius 3 is 2.38 bits per heavy atom. The van der Waals surface area contributed by atoms with Gasteiger partial charge >= 0.3 is 6.09 Å². The molecule has 1 saturated carbocycles. The van der Waals surface area contributed by atoms with Crippen LogP contribution in [0.3, 0.4) is 0 Å². The predicted octanol–water partition coefficient (Wildman–Crippen LogP) is 3.38. The highest BCUT2D eigenvalue weighted by Gasteiger charge is 2.45. The molecule has 2 amide bonds. The lowest BCUT2D eigenvalue weighted by molar-refractivity contribution is -0.124. The van der Waals surface area contributed by atoms with E-state index in [2.05, 4.69) is 16.0 Å². The highest BCUT2D eigenvalue weighted by molar-refractivity contribution is 6.30. The van der Waals surface area contributed by atoms with Crippen LogP contribution in [0.15, 0.2) is 24.3 Å². The molecule has 2 fully saturated rings. The third-order valence-corrected chi connectivity index (χ3v) is 5.97. The number of carbonyl (C=O) groups is 2. The number of amides is 2. The van der Waals surface area contributed by atoms with E-state index < -0.39 is 17.7 Å². The highest BCUT2D eigenvalue weighted by Crippen LogP contribution is 2.47. The van der Waals surface area contributed by atoms with Crippen LogP contribution in [0.25, 0.3) is 0 Å². The first kappa shape index (κ1) is 21.9. The van der Waals surface area contributed by atoms with E-state index in [9.17, 15) is 9.59 Å². The number of halogens is 1. The molecule has 1 aliphatic heterocycles. The van der Waals surface area contributed by atoms with E-state index in [1.165, 1.54) is 5.56 Å². The SMILES string of the molecule is CC(C)(C)OC(=O)NC(C(=O)NCC1(c2ccc(Cl)cc2)CC1)C1CCNCC1. The first-order chi connectivity index (χ1) is 13.7. The first-order valence-electron chi connectivity index (χ1n) is 10.4. The second kappa shape index (κ2) is 8.92. The van der Waals surface area contributed by atoms with Crippen LogP contribution >= 0.6 is 11.6 Å². The predicted molar refractivity (Wildman–Crippen MR) is 114 cm³/mol. The lowest BCUT2D eigenvalue weighted by atomic mass is 9.89. The number of nitrogens with one attached hydrogen (secondary N) is 3. The summed E-state index contributed by atoms with van der Waals surface area (Å²) >= 11 is 6.00. The summed E-state index contributed by atoms with van der Waals surface area (Å²) in [6.07, 6.45) is 3.21. The average Bonchev–Trinajstić information content (AvgIpc) is 3.45. The second-order valence-corrected chi connectivity index (χ2v) is 9.65.